The third-order valence-electron chi connectivity index (χ3n) is 14.0. The standard InChI is InChI=1S/C60H46N2/c1-59(2)52-23-14-12-21-48(52)58-53(59)24-15-25-57(58)61(45-32-33-47-46-20-11-13-22-51(46)60(3,4)54(47)38-45)44-30-26-40(27-31-44)42-29-35-56-50(37-42)49-36-41(39-16-7-5-8-17-39)28-34-55(49)62(56)43-18-9-6-10-19-43/h5-38H,1-4H3. The third-order valence-corrected chi connectivity index (χ3v) is 14.0. The fraction of sp³-hybridized carbons (Fsp3) is 0.100. The molecule has 2 aliphatic carbocycles. The van der Waals surface area contributed by atoms with E-state index in [2.05, 4.69) is 243 Å². The van der Waals surface area contributed by atoms with Gasteiger partial charge in [-0.1, -0.05) is 167 Å². The summed E-state index contributed by atoms with van der Waals surface area (Å²) in [4.78, 5) is 2.50. The van der Waals surface area contributed by atoms with Gasteiger partial charge >= 0.3 is 0 Å². The minimum absolute atomic E-state index is 0.108. The molecule has 0 radical (unpaired) electrons. The van der Waals surface area contributed by atoms with Crippen LogP contribution in [-0.2, 0) is 10.8 Å². The molecule has 0 N–H and O–H groups in total. The average molecular weight is 795 g/mol. The number of fused-ring (bicyclic) bond motifs is 9. The number of anilines is 3. The van der Waals surface area contributed by atoms with Gasteiger partial charge in [0.2, 0.25) is 0 Å². The maximum absolute atomic E-state index is 2.50. The van der Waals surface area contributed by atoms with Crippen LogP contribution in [0.25, 0.3) is 72.0 Å². The SMILES string of the molecule is CC1(C)c2ccccc2-c2ccc(N(c3ccc(-c4ccc5c(c4)c4cc(-c6ccccc6)ccc4n5-c4ccccc4)cc3)c3cccc4c3-c3ccccc3C4(C)C)cc21. The second kappa shape index (κ2) is 13.5. The van der Waals surface area contributed by atoms with Gasteiger partial charge in [0.05, 0.1) is 16.7 Å². The highest BCUT2D eigenvalue weighted by molar-refractivity contribution is 6.11. The monoisotopic (exact) mass is 794 g/mol. The molecule has 12 rings (SSSR count). The van der Waals surface area contributed by atoms with Crippen molar-refractivity contribution >= 4 is 38.9 Å². The van der Waals surface area contributed by atoms with E-state index in [1.54, 1.807) is 0 Å². The summed E-state index contributed by atoms with van der Waals surface area (Å²) in [5, 5.41) is 2.49. The first kappa shape index (κ1) is 36.4. The van der Waals surface area contributed by atoms with Gasteiger partial charge in [-0.15, -0.1) is 0 Å². The molecule has 0 saturated carbocycles. The Kier molecular flexibility index (Phi) is 7.96. The van der Waals surface area contributed by atoms with Crippen LogP contribution in [0.5, 0.6) is 0 Å². The summed E-state index contributed by atoms with van der Waals surface area (Å²) < 4.78 is 2.40. The second-order valence-electron chi connectivity index (χ2n) is 18.2. The third kappa shape index (κ3) is 5.36. The molecule has 10 aromatic rings. The van der Waals surface area contributed by atoms with E-state index in [4.69, 9.17) is 0 Å². The normalized spacial score (nSPS) is 14.1. The Labute approximate surface area is 364 Å². The zero-order chi connectivity index (χ0) is 41.7. The number of benzene rings is 9. The van der Waals surface area contributed by atoms with Crippen LogP contribution < -0.4 is 4.90 Å². The summed E-state index contributed by atoms with van der Waals surface area (Å²) in [7, 11) is 0. The van der Waals surface area contributed by atoms with Crippen LogP contribution in [0, 0.1) is 0 Å². The van der Waals surface area contributed by atoms with Crippen molar-refractivity contribution in [3.63, 3.8) is 0 Å². The highest BCUT2D eigenvalue weighted by atomic mass is 15.1. The molecule has 2 heteroatoms. The lowest BCUT2D eigenvalue weighted by atomic mass is 9.82. The fourth-order valence-electron chi connectivity index (χ4n) is 10.9. The Hall–Kier alpha value is -7.42. The number of aromatic nitrogens is 1. The number of hydrogen-bond donors (Lipinski definition) is 0. The Morgan fingerprint density at radius 1 is 0.355 bits per heavy atom. The number of hydrogen-bond acceptors (Lipinski definition) is 1. The molecule has 9 aromatic carbocycles. The first-order valence-electron chi connectivity index (χ1n) is 21.8. The van der Waals surface area contributed by atoms with Crippen molar-refractivity contribution in [3.05, 3.63) is 229 Å². The van der Waals surface area contributed by atoms with Gasteiger partial charge in [0, 0.05) is 44.2 Å². The Balaban J connectivity index is 1.02. The Morgan fingerprint density at radius 3 is 1.53 bits per heavy atom. The zero-order valence-electron chi connectivity index (χ0n) is 35.5. The van der Waals surface area contributed by atoms with E-state index in [1.165, 1.54) is 94.3 Å². The first-order valence-corrected chi connectivity index (χ1v) is 21.8. The van der Waals surface area contributed by atoms with Crippen LogP contribution in [0.1, 0.15) is 49.9 Å². The fourth-order valence-corrected chi connectivity index (χ4v) is 10.9. The predicted octanol–water partition coefficient (Wildman–Crippen LogP) is 16.2. The smallest absolute Gasteiger partial charge is 0.0543 e. The molecule has 0 atom stereocenters. The first-order chi connectivity index (χ1) is 30.3. The van der Waals surface area contributed by atoms with E-state index in [0.717, 1.165) is 17.1 Å². The molecule has 62 heavy (non-hydrogen) atoms. The van der Waals surface area contributed by atoms with Gasteiger partial charge in [0.25, 0.3) is 0 Å². The van der Waals surface area contributed by atoms with Gasteiger partial charge < -0.3 is 9.47 Å². The van der Waals surface area contributed by atoms with Crippen LogP contribution >= 0.6 is 0 Å². The van der Waals surface area contributed by atoms with Crippen molar-refractivity contribution < 1.29 is 0 Å². The van der Waals surface area contributed by atoms with Crippen molar-refractivity contribution in [2.75, 3.05) is 4.90 Å². The molecule has 2 aliphatic rings. The van der Waals surface area contributed by atoms with Gasteiger partial charge in [0.15, 0.2) is 0 Å². The van der Waals surface area contributed by atoms with Gasteiger partial charge in [-0.3, -0.25) is 0 Å². The van der Waals surface area contributed by atoms with Crippen molar-refractivity contribution in [1.82, 2.24) is 4.57 Å². The highest BCUT2D eigenvalue weighted by Crippen LogP contribution is 2.56. The molecule has 0 bridgehead atoms. The van der Waals surface area contributed by atoms with E-state index >= 15 is 0 Å². The molecular weight excluding hydrogens is 749 g/mol. The van der Waals surface area contributed by atoms with E-state index in [9.17, 15) is 0 Å². The maximum atomic E-state index is 2.50. The minimum Gasteiger partial charge on any atom is -0.310 e. The van der Waals surface area contributed by atoms with E-state index in [0.29, 0.717) is 0 Å². The average Bonchev–Trinajstić information content (AvgIpc) is 3.86. The quantitative estimate of drug-likeness (QED) is 0.163. The molecule has 2 nitrogen and oxygen atoms in total. The molecule has 0 amide bonds. The molecular formula is C60H46N2. The van der Waals surface area contributed by atoms with Crippen molar-refractivity contribution in [2.24, 2.45) is 0 Å². The molecule has 1 heterocycles. The molecule has 0 unspecified atom stereocenters. The highest BCUT2D eigenvalue weighted by Gasteiger charge is 2.39. The van der Waals surface area contributed by atoms with Gasteiger partial charge in [-0.05, 0) is 128 Å². The molecule has 0 spiro atoms. The summed E-state index contributed by atoms with van der Waals surface area (Å²) in [6, 6.07) is 76.5. The van der Waals surface area contributed by atoms with Gasteiger partial charge in [0.1, 0.15) is 0 Å². The number of rotatable bonds is 6. The Morgan fingerprint density at radius 2 is 0.855 bits per heavy atom. The van der Waals surface area contributed by atoms with E-state index in [-0.39, 0.29) is 10.8 Å². The second-order valence-corrected chi connectivity index (χ2v) is 18.2. The van der Waals surface area contributed by atoms with E-state index in [1.807, 2.05) is 0 Å². The zero-order valence-corrected chi connectivity index (χ0v) is 35.5. The van der Waals surface area contributed by atoms with Crippen LogP contribution in [0.2, 0.25) is 0 Å². The molecule has 0 fully saturated rings. The molecule has 0 saturated heterocycles. The van der Waals surface area contributed by atoms with E-state index < -0.39 is 0 Å². The molecule has 296 valence electrons. The van der Waals surface area contributed by atoms with Crippen molar-refractivity contribution in [3.8, 4) is 50.2 Å². The summed E-state index contributed by atoms with van der Waals surface area (Å²) in [5.74, 6) is 0. The molecule has 0 aliphatic heterocycles. The van der Waals surface area contributed by atoms with Crippen LogP contribution in [-0.4, -0.2) is 4.57 Å². The van der Waals surface area contributed by atoms with Gasteiger partial charge in [-0.2, -0.15) is 0 Å². The topological polar surface area (TPSA) is 8.17 Å². The summed E-state index contributed by atoms with van der Waals surface area (Å²) in [5.41, 5.74) is 22.5. The number of nitrogens with zero attached hydrogens (tertiary/aromatic N) is 2. The van der Waals surface area contributed by atoms with Crippen LogP contribution in [0.3, 0.4) is 0 Å². The summed E-state index contributed by atoms with van der Waals surface area (Å²) >= 11 is 0. The largest absolute Gasteiger partial charge is 0.310 e. The van der Waals surface area contributed by atoms with Crippen molar-refractivity contribution in [2.45, 2.75) is 38.5 Å². The van der Waals surface area contributed by atoms with Crippen LogP contribution in [0.15, 0.2) is 206 Å². The summed E-state index contributed by atoms with van der Waals surface area (Å²) in [6.07, 6.45) is 0. The van der Waals surface area contributed by atoms with Crippen molar-refractivity contribution in [1.29, 1.82) is 0 Å². The lowest BCUT2D eigenvalue weighted by molar-refractivity contribution is 0.660. The maximum Gasteiger partial charge on any atom is 0.0543 e. The predicted molar refractivity (Wildman–Crippen MR) is 261 cm³/mol. The Bertz CT molecular complexity index is 3390. The van der Waals surface area contributed by atoms with Crippen LogP contribution in [0.4, 0.5) is 17.1 Å². The lowest BCUT2D eigenvalue weighted by Gasteiger charge is -2.30. The minimum atomic E-state index is -0.116. The molecule has 1 aromatic heterocycles. The number of para-hydroxylation sites is 1. The summed E-state index contributed by atoms with van der Waals surface area (Å²) in [6.45, 7) is 9.48. The lowest BCUT2D eigenvalue weighted by Crippen LogP contribution is -2.17. The van der Waals surface area contributed by atoms with Gasteiger partial charge in [-0.25, -0.2) is 0 Å².